The second-order valence-corrected chi connectivity index (χ2v) is 9.87. The molecular formula is C27H27N5O2S. The smallest absolute Gasteiger partial charge is 0.240 e. The molecule has 0 bridgehead atoms. The maximum Gasteiger partial charge on any atom is 0.240 e. The predicted octanol–water partition coefficient (Wildman–Crippen LogP) is 5.18. The lowest BCUT2D eigenvalue weighted by atomic mass is 10.0. The Labute approximate surface area is 208 Å². The SMILES string of the molecule is Cc1ccc([C@@H]2Nn3c(COc4ccccc4)nnc3S[C@@H]2C(=O)Nc2cc(C)cc(C)c2)cc1. The number of carbonyl (C=O) groups is 1. The highest BCUT2D eigenvalue weighted by Gasteiger charge is 2.38. The van der Waals surface area contributed by atoms with Crippen LogP contribution in [-0.4, -0.2) is 26.0 Å². The van der Waals surface area contributed by atoms with E-state index in [1.807, 2.05) is 67.9 Å². The van der Waals surface area contributed by atoms with Gasteiger partial charge in [-0.15, -0.1) is 10.2 Å². The van der Waals surface area contributed by atoms with Crippen molar-refractivity contribution < 1.29 is 9.53 Å². The number of hydrogen-bond acceptors (Lipinski definition) is 6. The quantitative estimate of drug-likeness (QED) is 0.392. The van der Waals surface area contributed by atoms with Crippen LogP contribution in [0.4, 0.5) is 5.69 Å². The van der Waals surface area contributed by atoms with E-state index < -0.39 is 5.25 Å². The average Bonchev–Trinajstić information content (AvgIpc) is 3.24. The highest BCUT2D eigenvalue weighted by molar-refractivity contribution is 8.00. The molecule has 1 aliphatic heterocycles. The normalized spacial score (nSPS) is 16.8. The first-order chi connectivity index (χ1) is 17.0. The fourth-order valence-corrected chi connectivity index (χ4v) is 5.24. The second-order valence-electron chi connectivity index (χ2n) is 8.76. The molecule has 5 rings (SSSR count). The molecule has 0 unspecified atom stereocenters. The van der Waals surface area contributed by atoms with E-state index in [0.29, 0.717) is 11.0 Å². The second kappa shape index (κ2) is 9.84. The van der Waals surface area contributed by atoms with Crippen molar-refractivity contribution >= 4 is 23.4 Å². The Bertz CT molecular complexity index is 1320. The highest BCUT2D eigenvalue weighted by Crippen LogP contribution is 2.38. The van der Waals surface area contributed by atoms with Gasteiger partial charge >= 0.3 is 0 Å². The van der Waals surface area contributed by atoms with Gasteiger partial charge in [-0.25, -0.2) is 4.68 Å². The first-order valence-corrected chi connectivity index (χ1v) is 12.4. The largest absolute Gasteiger partial charge is 0.486 e. The lowest BCUT2D eigenvalue weighted by Gasteiger charge is -2.33. The number of amides is 1. The minimum absolute atomic E-state index is 0.0885. The number of fused-ring (bicyclic) bond motifs is 1. The topological polar surface area (TPSA) is 81.1 Å². The molecule has 0 saturated heterocycles. The molecule has 35 heavy (non-hydrogen) atoms. The minimum atomic E-state index is -0.446. The number of aromatic nitrogens is 3. The summed E-state index contributed by atoms with van der Waals surface area (Å²) in [6.07, 6.45) is 0. The minimum Gasteiger partial charge on any atom is -0.486 e. The lowest BCUT2D eigenvalue weighted by Crippen LogP contribution is -2.41. The van der Waals surface area contributed by atoms with Crippen LogP contribution in [0.5, 0.6) is 5.75 Å². The summed E-state index contributed by atoms with van der Waals surface area (Å²) in [6, 6.07) is 23.6. The number of benzene rings is 3. The van der Waals surface area contributed by atoms with E-state index in [1.54, 1.807) is 0 Å². The summed E-state index contributed by atoms with van der Waals surface area (Å²) in [4.78, 5) is 13.5. The number of ether oxygens (including phenoxy) is 1. The van der Waals surface area contributed by atoms with Crippen molar-refractivity contribution in [2.24, 2.45) is 0 Å². The summed E-state index contributed by atoms with van der Waals surface area (Å²) in [7, 11) is 0. The fourth-order valence-electron chi connectivity index (χ4n) is 4.14. The van der Waals surface area contributed by atoms with Gasteiger partial charge < -0.3 is 15.5 Å². The van der Waals surface area contributed by atoms with Crippen LogP contribution >= 0.6 is 11.8 Å². The number of carbonyl (C=O) groups excluding carboxylic acids is 1. The number of rotatable bonds is 6. The Hall–Kier alpha value is -3.78. The van der Waals surface area contributed by atoms with E-state index in [2.05, 4.69) is 51.3 Å². The van der Waals surface area contributed by atoms with E-state index in [9.17, 15) is 4.79 Å². The van der Waals surface area contributed by atoms with Crippen LogP contribution in [0.1, 0.15) is 34.1 Å². The Morgan fingerprint density at radius 2 is 1.69 bits per heavy atom. The summed E-state index contributed by atoms with van der Waals surface area (Å²) >= 11 is 1.40. The Balaban J connectivity index is 1.42. The number of anilines is 1. The zero-order chi connectivity index (χ0) is 24.4. The molecule has 0 saturated carbocycles. The van der Waals surface area contributed by atoms with E-state index in [-0.39, 0.29) is 18.6 Å². The van der Waals surface area contributed by atoms with Crippen LogP contribution in [0.25, 0.3) is 0 Å². The molecule has 0 radical (unpaired) electrons. The number of nitrogens with zero attached hydrogens (tertiary/aromatic N) is 3. The van der Waals surface area contributed by atoms with Crippen molar-refractivity contribution in [3.8, 4) is 5.75 Å². The van der Waals surface area contributed by atoms with E-state index >= 15 is 0 Å². The molecule has 4 aromatic rings. The maximum absolute atomic E-state index is 13.5. The molecule has 3 aromatic carbocycles. The van der Waals surface area contributed by atoms with Crippen molar-refractivity contribution in [2.75, 3.05) is 10.7 Å². The summed E-state index contributed by atoms with van der Waals surface area (Å²) in [5.74, 6) is 1.31. The van der Waals surface area contributed by atoms with Crippen LogP contribution < -0.4 is 15.5 Å². The van der Waals surface area contributed by atoms with Crippen molar-refractivity contribution in [1.29, 1.82) is 0 Å². The summed E-state index contributed by atoms with van der Waals surface area (Å²) in [6.45, 7) is 6.35. The van der Waals surface area contributed by atoms with Crippen LogP contribution in [0.15, 0.2) is 78.0 Å². The maximum atomic E-state index is 13.5. The monoisotopic (exact) mass is 485 g/mol. The van der Waals surface area contributed by atoms with Gasteiger partial charge in [0.2, 0.25) is 11.1 Å². The molecule has 0 aliphatic carbocycles. The fraction of sp³-hybridized carbons (Fsp3) is 0.222. The molecule has 0 fully saturated rings. The molecule has 178 valence electrons. The molecule has 1 aromatic heterocycles. The van der Waals surface area contributed by atoms with Gasteiger partial charge in [-0.1, -0.05) is 65.9 Å². The number of hydrogen-bond donors (Lipinski definition) is 2. The highest BCUT2D eigenvalue weighted by atomic mass is 32.2. The standard InChI is InChI=1S/C27H27N5O2S/c1-17-9-11-20(12-10-17)24-25(26(33)28-21-14-18(2)13-19(3)15-21)35-27-30-29-23(32(27)31-24)16-34-22-7-5-4-6-8-22/h4-15,24-25,31H,16H2,1-3H3,(H,28,33)/t24-,25-/m0/s1. The number of nitrogens with one attached hydrogen (secondary N) is 2. The third kappa shape index (κ3) is 5.17. The first-order valence-electron chi connectivity index (χ1n) is 11.5. The number of aryl methyl sites for hydroxylation is 3. The van der Waals surface area contributed by atoms with Crippen LogP contribution in [0.3, 0.4) is 0 Å². The molecule has 8 heteroatoms. The Morgan fingerprint density at radius 1 is 0.971 bits per heavy atom. The molecular weight excluding hydrogens is 458 g/mol. The summed E-state index contributed by atoms with van der Waals surface area (Å²) < 4.78 is 7.73. The lowest BCUT2D eigenvalue weighted by molar-refractivity contribution is -0.116. The summed E-state index contributed by atoms with van der Waals surface area (Å²) in [5, 5.41) is 11.9. The van der Waals surface area contributed by atoms with Crippen molar-refractivity contribution in [1.82, 2.24) is 14.9 Å². The first kappa shape index (κ1) is 23.0. The van der Waals surface area contributed by atoms with Gasteiger partial charge in [0.05, 0.1) is 6.04 Å². The summed E-state index contributed by atoms with van der Waals surface area (Å²) in [5.41, 5.74) is 8.66. The van der Waals surface area contributed by atoms with Gasteiger partial charge in [0, 0.05) is 5.69 Å². The van der Waals surface area contributed by atoms with Crippen molar-refractivity contribution in [3.05, 3.63) is 101 Å². The third-order valence-electron chi connectivity index (χ3n) is 5.80. The van der Waals surface area contributed by atoms with E-state index in [1.165, 1.54) is 11.8 Å². The van der Waals surface area contributed by atoms with Crippen molar-refractivity contribution in [2.45, 2.75) is 43.8 Å². The van der Waals surface area contributed by atoms with Gasteiger partial charge in [-0.3, -0.25) is 4.79 Å². The Morgan fingerprint density at radius 3 is 2.40 bits per heavy atom. The molecule has 2 heterocycles. The predicted molar refractivity (Wildman–Crippen MR) is 138 cm³/mol. The zero-order valence-electron chi connectivity index (χ0n) is 19.9. The van der Waals surface area contributed by atoms with Gasteiger partial charge in [0.25, 0.3) is 0 Å². The van der Waals surface area contributed by atoms with Gasteiger partial charge in [0.15, 0.2) is 5.82 Å². The molecule has 7 nitrogen and oxygen atoms in total. The zero-order valence-corrected chi connectivity index (χ0v) is 20.7. The molecule has 1 amide bonds. The molecule has 2 atom stereocenters. The third-order valence-corrected chi connectivity index (χ3v) is 7.01. The van der Waals surface area contributed by atoms with Gasteiger partial charge in [-0.05, 0) is 61.7 Å². The van der Waals surface area contributed by atoms with E-state index in [4.69, 9.17) is 4.74 Å². The average molecular weight is 486 g/mol. The van der Waals surface area contributed by atoms with E-state index in [0.717, 1.165) is 33.7 Å². The number of para-hydroxylation sites is 1. The Kier molecular flexibility index (Phi) is 6.46. The van der Waals surface area contributed by atoms with Crippen LogP contribution in [0, 0.1) is 20.8 Å². The van der Waals surface area contributed by atoms with Crippen LogP contribution in [-0.2, 0) is 11.4 Å². The van der Waals surface area contributed by atoms with Gasteiger partial charge in [-0.2, -0.15) is 0 Å². The van der Waals surface area contributed by atoms with Gasteiger partial charge in [0.1, 0.15) is 17.6 Å². The molecule has 0 spiro atoms. The molecule has 1 aliphatic rings. The molecule has 2 N–H and O–H groups in total. The van der Waals surface area contributed by atoms with Crippen LogP contribution in [0.2, 0.25) is 0 Å². The number of thioether (sulfide) groups is 1. The van der Waals surface area contributed by atoms with Crippen molar-refractivity contribution in [3.63, 3.8) is 0 Å².